The molecule has 1 amide bonds. The van der Waals surface area contributed by atoms with Crippen LogP contribution in [0, 0.1) is 0 Å². The minimum Gasteiger partial charge on any atom is -0.462 e. The number of rotatable bonds is 6. The molecule has 1 rings (SSSR count). The molecule has 7 nitrogen and oxygen atoms in total. The molecule has 0 aliphatic heterocycles. The molecule has 0 aromatic heterocycles. The maximum atomic E-state index is 11.5. The number of esters is 1. The van der Waals surface area contributed by atoms with E-state index in [1.165, 1.54) is 24.3 Å². The van der Waals surface area contributed by atoms with Crippen LogP contribution in [0.25, 0.3) is 0 Å². The van der Waals surface area contributed by atoms with Crippen LogP contribution >= 0.6 is 0 Å². The summed E-state index contributed by atoms with van der Waals surface area (Å²) in [7, 11) is -3.41. The van der Waals surface area contributed by atoms with Gasteiger partial charge in [-0.2, -0.15) is 0 Å². The van der Waals surface area contributed by atoms with Gasteiger partial charge >= 0.3 is 5.97 Å². The predicted molar refractivity (Wildman–Crippen MR) is 73.9 cm³/mol. The van der Waals surface area contributed by atoms with Crippen molar-refractivity contribution in [2.24, 2.45) is 0 Å². The Bertz CT molecular complexity index is 580. The first kappa shape index (κ1) is 16.1. The van der Waals surface area contributed by atoms with E-state index in [1.807, 2.05) is 0 Å². The quantitative estimate of drug-likeness (QED) is 0.738. The van der Waals surface area contributed by atoms with Crippen molar-refractivity contribution in [3.05, 3.63) is 29.8 Å². The van der Waals surface area contributed by atoms with Crippen LogP contribution < -0.4 is 10.0 Å². The third-order valence-electron chi connectivity index (χ3n) is 2.17. The van der Waals surface area contributed by atoms with Crippen molar-refractivity contribution in [2.75, 3.05) is 24.7 Å². The number of benzene rings is 1. The number of carbonyl (C=O) groups excluding carboxylic acids is 2. The number of hydrogen-bond donors (Lipinski definition) is 2. The van der Waals surface area contributed by atoms with Crippen molar-refractivity contribution in [1.29, 1.82) is 0 Å². The van der Waals surface area contributed by atoms with Crippen LogP contribution in [-0.4, -0.2) is 39.7 Å². The lowest BCUT2D eigenvalue weighted by Gasteiger charge is -2.06. The van der Waals surface area contributed by atoms with E-state index in [-0.39, 0.29) is 13.2 Å². The molecule has 0 fully saturated rings. The van der Waals surface area contributed by atoms with Crippen LogP contribution in [0.3, 0.4) is 0 Å². The molecule has 0 saturated heterocycles. The summed E-state index contributed by atoms with van der Waals surface area (Å²) < 4.78 is 28.5. The zero-order chi connectivity index (χ0) is 15.2. The summed E-state index contributed by atoms with van der Waals surface area (Å²) in [6, 6.07) is 6.09. The molecule has 20 heavy (non-hydrogen) atoms. The minimum absolute atomic E-state index is 0.286. The summed E-state index contributed by atoms with van der Waals surface area (Å²) in [6.07, 6.45) is 0.967. The van der Waals surface area contributed by atoms with Gasteiger partial charge in [0.15, 0.2) is 0 Å². The van der Waals surface area contributed by atoms with Gasteiger partial charge in [0.05, 0.1) is 25.0 Å². The Balaban J connectivity index is 2.57. The monoisotopic (exact) mass is 300 g/mol. The minimum atomic E-state index is -3.41. The van der Waals surface area contributed by atoms with Crippen LogP contribution in [0.1, 0.15) is 17.3 Å². The van der Waals surface area contributed by atoms with E-state index in [0.717, 1.165) is 6.26 Å². The average Bonchev–Trinajstić information content (AvgIpc) is 2.37. The molecule has 1 aromatic carbocycles. The zero-order valence-corrected chi connectivity index (χ0v) is 12.0. The first-order valence-corrected chi connectivity index (χ1v) is 7.72. The standard InChI is InChI=1S/C12H16N2O5S/c1-3-19-12(16)9-4-6-10(7-5-9)14-11(15)8-13-20(2,17)18/h4-7,13H,3,8H2,1-2H3,(H,14,15). The van der Waals surface area contributed by atoms with Crippen molar-refractivity contribution in [3.63, 3.8) is 0 Å². The fourth-order valence-corrected chi connectivity index (χ4v) is 1.70. The van der Waals surface area contributed by atoms with Crippen LogP contribution in [-0.2, 0) is 19.6 Å². The van der Waals surface area contributed by atoms with Gasteiger partial charge in [-0.1, -0.05) is 0 Å². The summed E-state index contributed by atoms with van der Waals surface area (Å²) in [5.74, 6) is -0.941. The van der Waals surface area contributed by atoms with Gasteiger partial charge in [-0.15, -0.1) is 0 Å². The molecule has 0 aliphatic carbocycles. The summed E-state index contributed by atoms with van der Waals surface area (Å²) >= 11 is 0. The van der Waals surface area contributed by atoms with E-state index in [4.69, 9.17) is 4.74 Å². The van der Waals surface area contributed by atoms with Gasteiger partial charge in [0.25, 0.3) is 0 Å². The van der Waals surface area contributed by atoms with E-state index in [0.29, 0.717) is 11.3 Å². The van der Waals surface area contributed by atoms with Gasteiger partial charge in [-0.25, -0.2) is 17.9 Å². The smallest absolute Gasteiger partial charge is 0.338 e. The molecule has 0 radical (unpaired) electrons. The summed E-state index contributed by atoms with van der Waals surface area (Å²) in [5, 5.41) is 2.49. The summed E-state index contributed by atoms with van der Waals surface area (Å²) in [4.78, 5) is 22.9. The first-order chi connectivity index (χ1) is 9.31. The number of carbonyl (C=O) groups is 2. The second-order valence-corrected chi connectivity index (χ2v) is 5.77. The fraction of sp³-hybridized carbons (Fsp3) is 0.333. The second-order valence-electron chi connectivity index (χ2n) is 3.94. The Morgan fingerprint density at radius 2 is 1.80 bits per heavy atom. The van der Waals surface area contributed by atoms with Gasteiger partial charge < -0.3 is 10.1 Å². The SMILES string of the molecule is CCOC(=O)c1ccc(NC(=O)CNS(C)(=O)=O)cc1. The van der Waals surface area contributed by atoms with Crippen molar-refractivity contribution in [1.82, 2.24) is 4.72 Å². The Hall–Kier alpha value is -1.93. The van der Waals surface area contributed by atoms with E-state index < -0.39 is 21.9 Å². The average molecular weight is 300 g/mol. The number of nitrogens with one attached hydrogen (secondary N) is 2. The van der Waals surface area contributed by atoms with Gasteiger partial charge in [-0.05, 0) is 31.2 Å². The molecule has 0 bridgehead atoms. The highest BCUT2D eigenvalue weighted by molar-refractivity contribution is 7.88. The number of ether oxygens (including phenoxy) is 1. The molecule has 0 heterocycles. The summed E-state index contributed by atoms with van der Waals surface area (Å²) in [5.41, 5.74) is 0.831. The van der Waals surface area contributed by atoms with Crippen LogP contribution in [0.2, 0.25) is 0 Å². The molecule has 0 unspecified atom stereocenters. The largest absolute Gasteiger partial charge is 0.462 e. The topological polar surface area (TPSA) is 102 Å². The molecule has 1 aromatic rings. The van der Waals surface area contributed by atoms with Gasteiger partial charge in [0.2, 0.25) is 15.9 Å². The fourth-order valence-electron chi connectivity index (χ4n) is 1.31. The lowest BCUT2D eigenvalue weighted by molar-refractivity contribution is -0.115. The molecular weight excluding hydrogens is 284 g/mol. The lowest BCUT2D eigenvalue weighted by Crippen LogP contribution is -2.32. The highest BCUT2D eigenvalue weighted by Gasteiger charge is 2.08. The van der Waals surface area contributed by atoms with Crippen LogP contribution in [0.4, 0.5) is 5.69 Å². The van der Waals surface area contributed by atoms with Gasteiger partial charge in [0, 0.05) is 5.69 Å². The van der Waals surface area contributed by atoms with Crippen molar-refractivity contribution >= 4 is 27.6 Å². The Labute approximate surface area is 117 Å². The third-order valence-corrected chi connectivity index (χ3v) is 2.84. The Kier molecular flexibility index (Phi) is 5.66. The number of sulfonamides is 1. The van der Waals surface area contributed by atoms with E-state index in [2.05, 4.69) is 10.0 Å². The van der Waals surface area contributed by atoms with E-state index in [1.54, 1.807) is 6.92 Å². The van der Waals surface area contributed by atoms with E-state index >= 15 is 0 Å². The molecule has 0 aliphatic rings. The molecule has 0 saturated carbocycles. The van der Waals surface area contributed by atoms with Crippen molar-refractivity contribution in [2.45, 2.75) is 6.92 Å². The van der Waals surface area contributed by atoms with E-state index in [9.17, 15) is 18.0 Å². The second kappa shape index (κ2) is 7.01. The van der Waals surface area contributed by atoms with Crippen molar-refractivity contribution in [3.8, 4) is 0 Å². The highest BCUT2D eigenvalue weighted by atomic mass is 32.2. The molecule has 0 atom stereocenters. The van der Waals surface area contributed by atoms with Gasteiger partial charge in [-0.3, -0.25) is 4.79 Å². The third kappa shape index (κ3) is 5.81. The molecule has 8 heteroatoms. The van der Waals surface area contributed by atoms with Crippen LogP contribution in [0.5, 0.6) is 0 Å². The lowest BCUT2D eigenvalue weighted by atomic mass is 10.2. The molecule has 110 valence electrons. The highest BCUT2D eigenvalue weighted by Crippen LogP contribution is 2.10. The van der Waals surface area contributed by atoms with Gasteiger partial charge in [0.1, 0.15) is 0 Å². The normalized spacial score (nSPS) is 10.9. The van der Waals surface area contributed by atoms with Crippen LogP contribution in [0.15, 0.2) is 24.3 Å². The predicted octanol–water partition coefficient (Wildman–Crippen LogP) is 0.351. The number of amides is 1. The maximum Gasteiger partial charge on any atom is 0.338 e. The number of anilines is 1. The Morgan fingerprint density at radius 1 is 1.20 bits per heavy atom. The first-order valence-electron chi connectivity index (χ1n) is 5.83. The zero-order valence-electron chi connectivity index (χ0n) is 11.2. The molecule has 0 spiro atoms. The molecular formula is C12H16N2O5S. The number of hydrogen-bond acceptors (Lipinski definition) is 5. The maximum absolute atomic E-state index is 11.5. The van der Waals surface area contributed by atoms with Crippen molar-refractivity contribution < 1.29 is 22.7 Å². The molecule has 2 N–H and O–H groups in total. The Morgan fingerprint density at radius 3 is 2.30 bits per heavy atom. The summed E-state index contributed by atoms with van der Waals surface area (Å²) in [6.45, 7) is 1.65.